The maximum Gasteiger partial charge on any atom is 0.302 e. The zero-order valence-corrected chi connectivity index (χ0v) is 7.38. The van der Waals surface area contributed by atoms with E-state index in [0.29, 0.717) is 5.52 Å². The molecule has 2 rings (SSSR count). The normalized spacial score (nSPS) is 12.2. The van der Waals surface area contributed by atoms with Crippen LogP contribution in [0.4, 0.5) is 14.6 Å². The first kappa shape index (κ1) is 8.86. The molecule has 14 heavy (non-hydrogen) atoms. The fourth-order valence-electron chi connectivity index (χ4n) is 1.12. The number of rotatable bonds is 1. The molecule has 0 aliphatic carbocycles. The maximum atomic E-state index is 12.8. The lowest BCUT2D eigenvalue weighted by Crippen LogP contribution is -2.08. The largest absolute Gasteiger partial charge is 0.384 e. The number of nitrogens with one attached hydrogen (secondary N) is 1. The molecule has 2 aromatic heterocycles. The molecule has 2 heterocycles. The summed E-state index contributed by atoms with van der Waals surface area (Å²) in [5.41, 5.74) is 6.05. The lowest BCUT2D eigenvalue weighted by Gasteiger charge is -2.03. The number of nitrogens with zero attached hydrogens (tertiary/aromatic N) is 2. The molecule has 3 N–H and O–H groups in total. The Kier molecular flexibility index (Phi) is 1.67. The third kappa shape index (κ3) is 1.39. The smallest absolute Gasteiger partial charge is 0.302 e. The van der Waals surface area contributed by atoms with E-state index in [-0.39, 0.29) is 11.5 Å². The molecule has 4 nitrogen and oxygen atoms in total. The molecule has 2 aromatic rings. The molecule has 0 radical (unpaired) electrons. The molecule has 0 unspecified atom stereocenters. The van der Waals surface area contributed by atoms with Gasteiger partial charge in [0.15, 0.2) is 11.5 Å². The number of H-pyrrole nitrogens is 1. The fraction of sp³-hybridized carbons (Fsp3) is 0.250. The summed E-state index contributed by atoms with van der Waals surface area (Å²) >= 11 is 0. The predicted octanol–water partition coefficient (Wildman–Crippen LogP) is 1.65. The van der Waals surface area contributed by atoms with Crippen molar-refractivity contribution in [3.63, 3.8) is 0 Å². The monoisotopic (exact) mass is 198 g/mol. The summed E-state index contributed by atoms with van der Waals surface area (Å²) in [6.07, 6.45) is 0. The molecule has 0 atom stereocenters. The van der Waals surface area contributed by atoms with Gasteiger partial charge in [0.2, 0.25) is 0 Å². The average molecular weight is 198 g/mol. The van der Waals surface area contributed by atoms with E-state index >= 15 is 0 Å². The van der Waals surface area contributed by atoms with Gasteiger partial charge in [-0.05, 0) is 12.1 Å². The highest BCUT2D eigenvalue weighted by molar-refractivity contribution is 5.72. The van der Waals surface area contributed by atoms with Crippen LogP contribution in [0.5, 0.6) is 0 Å². The average Bonchev–Trinajstić information content (AvgIpc) is 2.45. The van der Waals surface area contributed by atoms with Crippen LogP contribution in [-0.4, -0.2) is 15.0 Å². The van der Waals surface area contributed by atoms with Crippen LogP contribution in [0.1, 0.15) is 12.7 Å². The quantitative estimate of drug-likeness (QED) is 0.732. The first-order valence-corrected chi connectivity index (χ1v) is 3.97. The fourth-order valence-corrected chi connectivity index (χ4v) is 1.12. The summed E-state index contributed by atoms with van der Waals surface area (Å²) in [4.78, 5) is 9.94. The Morgan fingerprint density at radius 1 is 1.36 bits per heavy atom. The van der Waals surface area contributed by atoms with Crippen molar-refractivity contribution in [2.45, 2.75) is 12.8 Å². The van der Waals surface area contributed by atoms with Crippen LogP contribution in [0.15, 0.2) is 12.1 Å². The first-order chi connectivity index (χ1) is 6.47. The van der Waals surface area contributed by atoms with Gasteiger partial charge in [0.1, 0.15) is 5.82 Å². The van der Waals surface area contributed by atoms with Gasteiger partial charge in [-0.1, -0.05) is 0 Å². The summed E-state index contributed by atoms with van der Waals surface area (Å²) in [6, 6.07) is 3.10. The van der Waals surface area contributed by atoms with Crippen molar-refractivity contribution >= 4 is 17.0 Å². The topological polar surface area (TPSA) is 67.6 Å². The van der Waals surface area contributed by atoms with Crippen molar-refractivity contribution in [1.82, 2.24) is 15.0 Å². The number of anilines is 1. The number of imidazole rings is 1. The third-order valence-electron chi connectivity index (χ3n) is 1.78. The Bertz CT molecular complexity index is 472. The zero-order chi connectivity index (χ0) is 10.3. The molecule has 6 heteroatoms. The van der Waals surface area contributed by atoms with Crippen LogP contribution in [0, 0.1) is 0 Å². The van der Waals surface area contributed by atoms with E-state index in [1.54, 1.807) is 6.07 Å². The summed E-state index contributed by atoms with van der Waals surface area (Å²) in [7, 11) is 0. The first-order valence-electron chi connectivity index (χ1n) is 3.97. The van der Waals surface area contributed by atoms with E-state index in [0.717, 1.165) is 6.92 Å². The number of hydrogen-bond acceptors (Lipinski definition) is 3. The number of alkyl halides is 2. The maximum absolute atomic E-state index is 12.8. The van der Waals surface area contributed by atoms with E-state index in [4.69, 9.17) is 5.73 Å². The second kappa shape index (κ2) is 2.63. The van der Waals surface area contributed by atoms with Gasteiger partial charge in [0.05, 0.1) is 5.52 Å². The zero-order valence-electron chi connectivity index (χ0n) is 7.38. The molecule has 0 saturated carbocycles. The number of nitrogens with two attached hydrogens (primary N) is 1. The number of fused-ring (bicyclic) bond motifs is 1. The van der Waals surface area contributed by atoms with Gasteiger partial charge in [0, 0.05) is 6.92 Å². The van der Waals surface area contributed by atoms with Crippen LogP contribution < -0.4 is 5.73 Å². The van der Waals surface area contributed by atoms with Crippen molar-refractivity contribution in [3.8, 4) is 0 Å². The van der Waals surface area contributed by atoms with Gasteiger partial charge in [0.25, 0.3) is 0 Å². The standard InChI is InChI=1S/C8H8F2N4/c1-8(9,10)7-12-4-2-3-5(11)13-6(4)14-7/h2-3H,1H3,(H3,11,12,13,14). The number of aromatic amines is 1. The molecule has 0 spiro atoms. The van der Waals surface area contributed by atoms with Crippen molar-refractivity contribution in [2.24, 2.45) is 0 Å². The molecule has 0 saturated heterocycles. The van der Waals surface area contributed by atoms with Crippen LogP contribution >= 0.6 is 0 Å². The second-order valence-corrected chi connectivity index (χ2v) is 3.08. The summed E-state index contributed by atoms with van der Waals surface area (Å²) in [5.74, 6) is -3.13. The molecular weight excluding hydrogens is 190 g/mol. The highest BCUT2D eigenvalue weighted by atomic mass is 19.3. The van der Waals surface area contributed by atoms with Crippen molar-refractivity contribution in [1.29, 1.82) is 0 Å². The van der Waals surface area contributed by atoms with E-state index in [1.165, 1.54) is 6.07 Å². The Morgan fingerprint density at radius 3 is 2.71 bits per heavy atom. The Morgan fingerprint density at radius 2 is 2.07 bits per heavy atom. The number of pyridine rings is 1. The van der Waals surface area contributed by atoms with Crippen molar-refractivity contribution in [3.05, 3.63) is 18.0 Å². The molecule has 0 aliphatic heterocycles. The Hall–Kier alpha value is -1.72. The van der Waals surface area contributed by atoms with Crippen molar-refractivity contribution < 1.29 is 8.78 Å². The number of halogens is 2. The molecule has 74 valence electrons. The van der Waals surface area contributed by atoms with E-state index < -0.39 is 11.7 Å². The van der Waals surface area contributed by atoms with Gasteiger partial charge in [-0.2, -0.15) is 8.78 Å². The van der Waals surface area contributed by atoms with Crippen LogP contribution in [-0.2, 0) is 5.92 Å². The van der Waals surface area contributed by atoms with Crippen LogP contribution in [0.3, 0.4) is 0 Å². The Labute approximate surface area is 78.2 Å². The van der Waals surface area contributed by atoms with Gasteiger partial charge in [-0.15, -0.1) is 0 Å². The predicted molar refractivity (Wildman–Crippen MR) is 47.9 cm³/mol. The highest BCUT2D eigenvalue weighted by Gasteiger charge is 2.28. The highest BCUT2D eigenvalue weighted by Crippen LogP contribution is 2.25. The van der Waals surface area contributed by atoms with E-state index in [1.807, 2.05) is 0 Å². The van der Waals surface area contributed by atoms with Gasteiger partial charge >= 0.3 is 5.92 Å². The minimum absolute atomic E-state index is 0.210. The van der Waals surface area contributed by atoms with Crippen molar-refractivity contribution in [2.75, 3.05) is 5.73 Å². The number of hydrogen-bond donors (Lipinski definition) is 2. The number of aromatic nitrogens is 3. The van der Waals surface area contributed by atoms with Crippen LogP contribution in [0.25, 0.3) is 11.2 Å². The summed E-state index contributed by atoms with van der Waals surface area (Å²) < 4.78 is 25.7. The minimum Gasteiger partial charge on any atom is -0.384 e. The summed E-state index contributed by atoms with van der Waals surface area (Å²) in [6.45, 7) is 0.772. The van der Waals surface area contributed by atoms with Gasteiger partial charge < -0.3 is 10.7 Å². The lowest BCUT2D eigenvalue weighted by molar-refractivity contribution is 0.00888. The summed E-state index contributed by atoms with van der Waals surface area (Å²) in [5, 5.41) is 0. The Balaban J connectivity index is 2.63. The van der Waals surface area contributed by atoms with E-state index in [2.05, 4.69) is 15.0 Å². The molecule has 0 aromatic carbocycles. The molecule has 0 aliphatic rings. The molecule has 0 bridgehead atoms. The second-order valence-electron chi connectivity index (χ2n) is 3.08. The minimum atomic E-state index is -2.99. The van der Waals surface area contributed by atoms with Gasteiger partial charge in [-0.3, -0.25) is 0 Å². The van der Waals surface area contributed by atoms with E-state index in [9.17, 15) is 8.78 Å². The third-order valence-corrected chi connectivity index (χ3v) is 1.78. The number of nitrogen functional groups attached to an aromatic ring is 1. The van der Waals surface area contributed by atoms with Gasteiger partial charge in [-0.25, -0.2) is 9.97 Å². The SMILES string of the molecule is CC(F)(F)c1nc2nc(N)ccc2[nH]1. The molecular formula is C8H8F2N4. The molecule has 0 amide bonds. The van der Waals surface area contributed by atoms with Crippen LogP contribution in [0.2, 0.25) is 0 Å². The molecule has 0 fully saturated rings. The lowest BCUT2D eigenvalue weighted by atomic mass is 10.4.